The maximum atomic E-state index is 11.3. The van der Waals surface area contributed by atoms with Crippen LogP contribution in [0.5, 0.6) is 5.75 Å². The number of nitrogens with two attached hydrogens (primary N) is 1. The number of phenolic OH excluding ortho intramolecular Hbond substituents is 1. The smallest absolute Gasteiger partial charge is 0.229 e. The van der Waals surface area contributed by atoms with Crippen molar-refractivity contribution in [3.8, 4) is 17.0 Å². The van der Waals surface area contributed by atoms with Crippen LogP contribution in [0, 0.1) is 6.92 Å². The summed E-state index contributed by atoms with van der Waals surface area (Å²) in [5.41, 5.74) is 9.31. The second-order valence-electron chi connectivity index (χ2n) is 6.68. The van der Waals surface area contributed by atoms with E-state index in [0.717, 1.165) is 22.4 Å². The molecule has 0 bridgehead atoms. The van der Waals surface area contributed by atoms with Gasteiger partial charge in [0.05, 0.1) is 17.3 Å². The number of aryl methyl sites for hydroxylation is 1. The molecule has 0 saturated heterocycles. The molecule has 0 spiro atoms. The van der Waals surface area contributed by atoms with Crippen LogP contribution in [0.2, 0.25) is 0 Å². The Morgan fingerprint density at radius 1 is 1.13 bits per heavy atom. The molecule has 0 aliphatic rings. The molecule has 0 fully saturated rings. The molecule has 0 aliphatic carbocycles. The molecule has 2 aromatic carbocycles. The first-order chi connectivity index (χ1) is 14.2. The number of rotatable bonds is 5. The summed E-state index contributed by atoms with van der Waals surface area (Å²) >= 11 is 1.25. The number of aromatic nitrogens is 4. The first-order valence-corrected chi connectivity index (χ1v) is 11.5. The van der Waals surface area contributed by atoms with Crippen molar-refractivity contribution in [3.63, 3.8) is 0 Å². The molecule has 2 aromatic heterocycles. The number of anilines is 2. The Kier molecular flexibility index (Phi) is 5.00. The Morgan fingerprint density at radius 2 is 1.87 bits per heavy atom. The van der Waals surface area contributed by atoms with E-state index in [-0.39, 0.29) is 11.6 Å². The molecular formula is C19H18N6O3S2. The summed E-state index contributed by atoms with van der Waals surface area (Å²) in [5.74, 6) is 0.217. The van der Waals surface area contributed by atoms with Gasteiger partial charge in [-0.15, -0.1) is 0 Å². The van der Waals surface area contributed by atoms with Crippen LogP contribution in [-0.4, -0.2) is 39.9 Å². The first kappa shape index (κ1) is 20.0. The third-order valence-corrected chi connectivity index (χ3v) is 5.66. The van der Waals surface area contributed by atoms with E-state index in [2.05, 4.69) is 24.9 Å². The van der Waals surface area contributed by atoms with Crippen molar-refractivity contribution in [1.82, 2.24) is 20.2 Å². The molecular weight excluding hydrogens is 424 g/mol. The van der Waals surface area contributed by atoms with E-state index in [1.54, 1.807) is 36.4 Å². The van der Waals surface area contributed by atoms with Gasteiger partial charge in [-0.2, -0.15) is 5.10 Å². The number of nitrogens with one attached hydrogen (secondary N) is 2. The Morgan fingerprint density at radius 3 is 2.50 bits per heavy atom. The normalized spacial score (nSPS) is 11.7. The lowest BCUT2D eigenvalue weighted by molar-refractivity contribution is 0.480. The first-order valence-electron chi connectivity index (χ1n) is 8.77. The number of hydrogen-bond donors (Lipinski definition) is 4. The van der Waals surface area contributed by atoms with Crippen LogP contribution < -0.4 is 10.5 Å². The number of H-pyrrole nitrogens is 1. The van der Waals surface area contributed by atoms with E-state index >= 15 is 0 Å². The van der Waals surface area contributed by atoms with Crippen molar-refractivity contribution in [3.05, 3.63) is 48.2 Å². The highest BCUT2D eigenvalue weighted by molar-refractivity contribution is 7.99. The molecule has 2 heterocycles. The molecule has 0 amide bonds. The average molecular weight is 443 g/mol. The van der Waals surface area contributed by atoms with Crippen LogP contribution in [0.15, 0.2) is 52.5 Å². The number of benzene rings is 2. The quantitative estimate of drug-likeness (QED) is 0.345. The van der Waals surface area contributed by atoms with Gasteiger partial charge in [-0.25, -0.2) is 18.4 Å². The van der Waals surface area contributed by atoms with Crippen LogP contribution >= 0.6 is 11.8 Å². The van der Waals surface area contributed by atoms with E-state index < -0.39 is 10.0 Å². The minimum Gasteiger partial charge on any atom is -0.506 e. The van der Waals surface area contributed by atoms with Crippen LogP contribution in [0.4, 0.5) is 11.5 Å². The number of hydrogen-bond acceptors (Lipinski definition) is 8. The summed E-state index contributed by atoms with van der Waals surface area (Å²) < 4.78 is 25.0. The summed E-state index contributed by atoms with van der Waals surface area (Å²) in [7, 11) is -3.34. The molecule has 9 nitrogen and oxygen atoms in total. The minimum absolute atomic E-state index is 0.00958. The zero-order valence-corrected chi connectivity index (χ0v) is 17.7. The zero-order chi connectivity index (χ0) is 21.5. The number of nitrogen functional groups attached to an aromatic ring is 1. The molecule has 0 radical (unpaired) electrons. The van der Waals surface area contributed by atoms with Crippen LogP contribution in [0.3, 0.4) is 0 Å². The van der Waals surface area contributed by atoms with Gasteiger partial charge in [0.25, 0.3) is 0 Å². The summed E-state index contributed by atoms with van der Waals surface area (Å²) in [6, 6.07) is 11.9. The van der Waals surface area contributed by atoms with E-state index in [4.69, 9.17) is 5.73 Å². The Balaban J connectivity index is 1.70. The van der Waals surface area contributed by atoms with Crippen molar-refractivity contribution in [2.24, 2.45) is 0 Å². The van der Waals surface area contributed by atoms with Gasteiger partial charge in [0.1, 0.15) is 17.1 Å². The summed E-state index contributed by atoms with van der Waals surface area (Å²) in [5, 5.41) is 18.4. The van der Waals surface area contributed by atoms with Crippen molar-refractivity contribution >= 4 is 44.2 Å². The van der Waals surface area contributed by atoms with E-state index in [1.165, 1.54) is 11.8 Å². The number of fused-ring (bicyclic) bond motifs is 1. The number of sulfonamides is 1. The van der Waals surface area contributed by atoms with Crippen molar-refractivity contribution < 1.29 is 13.5 Å². The minimum atomic E-state index is -3.34. The molecule has 4 rings (SSSR count). The van der Waals surface area contributed by atoms with Crippen molar-refractivity contribution in [2.75, 3.05) is 16.7 Å². The number of aromatic amines is 1. The Bertz CT molecular complexity index is 1350. The molecule has 0 atom stereocenters. The van der Waals surface area contributed by atoms with Crippen LogP contribution in [-0.2, 0) is 10.0 Å². The van der Waals surface area contributed by atoms with Gasteiger partial charge in [-0.1, -0.05) is 0 Å². The number of nitrogens with zero attached hydrogens (tertiary/aromatic N) is 3. The van der Waals surface area contributed by atoms with Gasteiger partial charge in [-0.05, 0) is 61.2 Å². The van der Waals surface area contributed by atoms with E-state index in [9.17, 15) is 13.5 Å². The largest absolute Gasteiger partial charge is 0.506 e. The summed E-state index contributed by atoms with van der Waals surface area (Å²) in [4.78, 5) is 9.64. The molecule has 5 N–H and O–H groups in total. The highest BCUT2D eigenvalue weighted by Crippen LogP contribution is 2.37. The monoisotopic (exact) mass is 442 g/mol. The molecule has 0 aliphatic heterocycles. The number of aromatic hydroxyl groups is 1. The molecule has 0 unspecified atom stereocenters. The van der Waals surface area contributed by atoms with Crippen molar-refractivity contribution in [2.45, 2.75) is 17.0 Å². The highest BCUT2D eigenvalue weighted by atomic mass is 32.2. The zero-order valence-electron chi connectivity index (χ0n) is 16.0. The summed E-state index contributed by atoms with van der Waals surface area (Å²) in [6.45, 7) is 1.89. The maximum Gasteiger partial charge on any atom is 0.229 e. The molecule has 4 aromatic rings. The maximum absolute atomic E-state index is 11.3. The molecule has 11 heteroatoms. The predicted molar refractivity (Wildman–Crippen MR) is 117 cm³/mol. The van der Waals surface area contributed by atoms with E-state index in [1.807, 2.05) is 13.0 Å². The predicted octanol–water partition coefficient (Wildman–Crippen LogP) is 3.14. The highest BCUT2D eigenvalue weighted by Gasteiger charge is 2.16. The SMILES string of the molecule is Cc1cc(-c2ccc(O)c3nc(Sc4ccc(NS(C)(=O)=O)cc4)nc(N)c23)n[nH]1. The van der Waals surface area contributed by atoms with Gasteiger partial charge in [-0.3, -0.25) is 9.82 Å². The van der Waals surface area contributed by atoms with Crippen LogP contribution in [0.1, 0.15) is 5.69 Å². The topological polar surface area (TPSA) is 147 Å². The lowest BCUT2D eigenvalue weighted by atomic mass is 10.1. The standard InChI is InChI=1S/C19H18N6O3S2/c1-10-9-14(24-23-10)13-7-8-15(26)17-16(13)18(20)22-19(21-17)29-12-5-3-11(4-6-12)25-30(2,27)28/h3-9,25-26H,1-2H3,(H,23,24)(H2,20,21,22). The summed E-state index contributed by atoms with van der Waals surface area (Å²) in [6.07, 6.45) is 1.09. The number of phenols is 1. The molecule has 154 valence electrons. The average Bonchev–Trinajstić information content (AvgIpc) is 3.09. The van der Waals surface area contributed by atoms with Gasteiger partial charge in [0, 0.05) is 21.8 Å². The van der Waals surface area contributed by atoms with Gasteiger partial charge >= 0.3 is 0 Å². The fourth-order valence-electron chi connectivity index (χ4n) is 2.96. The fourth-order valence-corrected chi connectivity index (χ4v) is 4.29. The van der Waals surface area contributed by atoms with E-state index in [0.29, 0.717) is 27.4 Å². The second kappa shape index (κ2) is 7.50. The third-order valence-electron chi connectivity index (χ3n) is 4.18. The third kappa shape index (κ3) is 4.16. The van der Waals surface area contributed by atoms with Gasteiger partial charge in [0.15, 0.2) is 5.16 Å². The molecule has 30 heavy (non-hydrogen) atoms. The Labute approximate surface area is 176 Å². The lowest BCUT2D eigenvalue weighted by Crippen LogP contribution is -2.09. The fraction of sp³-hybridized carbons (Fsp3) is 0.105. The van der Waals surface area contributed by atoms with Crippen molar-refractivity contribution in [1.29, 1.82) is 0 Å². The van der Waals surface area contributed by atoms with Gasteiger partial charge < -0.3 is 10.8 Å². The lowest BCUT2D eigenvalue weighted by Gasteiger charge is -2.10. The molecule has 0 saturated carbocycles. The van der Waals surface area contributed by atoms with Gasteiger partial charge in [0.2, 0.25) is 10.0 Å². The second-order valence-corrected chi connectivity index (χ2v) is 9.47. The Hall–Kier alpha value is -3.31. The van der Waals surface area contributed by atoms with Crippen LogP contribution in [0.25, 0.3) is 22.2 Å².